The number of aromatic nitrogens is 1. The van der Waals surface area contributed by atoms with Crippen LogP contribution in [0.5, 0.6) is 0 Å². The van der Waals surface area contributed by atoms with Crippen molar-refractivity contribution in [1.82, 2.24) is 4.98 Å². The second-order valence-corrected chi connectivity index (χ2v) is 2.89. The van der Waals surface area contributed by atoms with Crippen LogP contribution in [0.2, 0.25) is 0 Å². The predicted octanol–water partition coefficient (Wildman–Crippen LogP) is 2.20. The Morgan fingerprint density at radius 2 is 2.33 bits per heavy atom. The molecule has 1 nitrogen and oxygen atoms in total. The van der Waals surface area contributed by atoms with E-state index in [4.69, 9.17) is 0 Å². The van der Waals surface area contributed by atoms with Crippen LogP contribution in [0.4, 0.5) is 0 Å². The third-order valence-corrected chi connectivity index (χ3v) is 1.90. The van der Waals surface area contributed by atoms with Gasteiger partial charge in [0.05, 0.1) is 0 Å². The van der Waals surface area contributed by atoms with E-state index in [0.717, 1.165) is 5.92 Å². The van der Waals surface area contributed by atoms with Gasteiger partial charge in [-0.15, -0.1) is 0 Å². The molecule has 2 rings (SSSR count). The Bertz CT molecular complexity index is 208. The topological polar surface area (TPSA) is 15.8 Å². The van der Waals surface area contributed by atoms with Crippen LogP contribution in [0, 0.1) is 6.92 Å². The van der Waals surface area contributed by atoms with Gasteiger partial charge in [-0.1, -0.05) is 0 Å². The Morgan fingerprint density at radius 1 is 1.56 bits per heavy atom. The molecule has 1 heterocycles. The first-order chi connectivity index (χ1) is 4.36. The number of rotatable bonds is 1. The summed E-state index contributed by atoms with van der Waals surface area (Å²) in [5.74, 6) is 0.898. The zero-order valence-electron chi connectivity index (χ0n) is 5.65. The second-order valence-electron chi connectivity index (χ2n) is 2.89. The van der Waals surface area contributed by atoms with Crippen LogP contribution in [0.15, 0.2) is 12.3 Å². The van der Waals surface area contributed by atoms with Gasteiger partial charge >= 0.3 is 0 Å². The van der Waals surface area contributed by atoms with Gasteiger partial charge in [0.1, 0.15) is 0 Å². The van der Waals surface area contributed by atoms with E-state index < -0.39 is 0 Å². The van der Waals surface area contributed by atoms with Crippen molar-refractivity contribution in [2.24, 2.45) is 0 Å². The summed E-state index contributed by atoms with van der Waals surface area (Å²) in [6.07, 6.45) is 4.93. The molecule has 1 aliphatic carbocycles. The fraction of sp³-hybridized carbons (Fsp3) is 0.500. The summed E-state index contributed by atoms with van der Waals surface area (Å²) >= 11 is 0. The van der Waals surface area contributed by atoms with Gasteiger partial charge in [-0.2, -0.15) is 0 Å². The maximum Gasteiger partial charge on any atom is 0.0118 e. The standard InChI is InChI=1S/C8H11N/c1-6-4-8(5-9-6)7-2-3-7/h4-5,7,9H,2-3H2,1H3. The molecular formula is C8H11N. The third-order valence-electron chi connectivity index (χ3n) is 1.90. The minimum atomic E-state index is 0.898. The number of aromatic amines is 1. The predicted molar refractivity (Wildman–Crippen MR) is 37.5 cm³/mol. The smallest absolute Gasteiger partial charge is 0.0118 e. The first-order valence-electron chi connectivity index (χ1n) is 3.51. The van der Waals surface area contributed by atoms with Gasteiger partial charge in [-0.25, -0.2) is 0 Å². The Morgan fingerprint density at radius 3 is 2.78 bits per heavy atom. The van der Waals surface area contributed by atoms with Crippen LogP contribution in [0.25, 0.3) is 0 Å². The molecule has 1 heteroatoms. The van der Waals surface area contributed by atoms with E-state index in [1.165, 1.54) is 24.1 Å². The summed E-state index contributed by atoms with van der Waals surface area (Å²) in [6.45, 7) is 2.10. The molecule has 0 aromatic carbocycles. The van der Waals surface area contributed by atoms with E-state index >= 15 is 0 Å². The van der Waals surface area contributed by atoms with Crippen LogP contribution in [0.1, 0.15) is 30.0 Å². The molecule has 0 aliphatic heterocycles. The van der Waals surface area contributed by atoms with Crippen molar-refractivity contribution in [3.05, 3.63) is 23.5 Å². The third kappa shape index (κ3) is 0.869. The van der Waals surface area contributed by atoms with Crippen molar-refractivity contribution in [1.29, 1.82) is 0 Å². The Labute approximate surface area is 55.1 Å². The molecule has 1 saturated carbocycles. The fourth-order valence-corrected chi connectivity index (χ4v) is 1.18. The van der Waals surface area contributed by atoms with Crippen LogP contribution in [-0.4, -0.2) is 4.98 Å². The van der Waals surface area contributed by atoms with Crippen LogP contribution >= 0.6 is 0 Å². The summed E-state index contributed by atoms with van der Waals surface area (Å²) in [7, 11) is 0. The highest BCUT2D eigenvalue weighted by Crippen LogP contribution is 2.39. The van der Waals surface area contributed by atoms with E-state index in [0.29, 0.717) is 0 Å². The Hall–Kier alpha value is -0.720. The zero-order chi connectivity index (χ0) is 6.27. The van der Waals surface area contributed by atoms with Crippen LogP contribution in [0.3, 0.4) is 0 Å². The average Bonchev–Trinajstić information content (AvgIpc) is 2.58. The average molecular weight is 121 g/mol. The van der Waals surface area contributed by atoms with E-state index in [1.54, 1.807) is 0 Å². The lowest BCUT2D eigenvalue weighted by Crippen LogP contribution is -1.67. The Kier molecular flexibility index (Phi) is 0.922. The largest absolute Gasteiger partial charge is 0.365 e. The van der Waals surface area contributed by atoms with E-state index in [-0.39, 0.29) is 0 Å². The summed E-state index contributed by atoms with van der Waals surface area (Å²) in [5, 5.41) is 0. The molecule has 1 N–H and O–H groups in total. The van der Waals surface area contributed by atoms with E-state index in [1.807, 2.05) is 0 Å². The van der Waals surface area contributed by atoms with Gasteiger partial charge in [-0.3, -0.25) is 0 Å². The number of H-pyrrole nitrogens is 1. The quantitative estimate of drug-likeness (QED) is 0.586. The van der Waals surface area contributed by atoms with Crippen molar-refractivity contribution < 1.29 is 0 Å². The van der Waals surface area contributed by atoms with E-state index in [9.17, 15) is 0 Å². The molecule has 0 radical (unpaired) electrons. The second kappa shape index (κ2) is 1.63. The first-order valence-corrected chi connectivity index (χ1v) is 3.51. The van der Waals surface area contributed by atoms with Crippen molar-refractivity contribution in [2.45, 2.75) is 25.7 Å². The van der Waals surface area contributed by atoms with Crippen molar-refractivity contribution in [3.8, 4) is 0 Å². The zero-order valence-corrected chi connectivity index (χ0v) is 5.65. The molecule has 1 aromatic rings. The maximum absolute atomic E-state index is 3.19. The van der Waals surface area contributed by atoms with Gasteiger partial charge in [-0.05, 0) is 37.3 Å². The van der Waals surface area contributed by atoms with Crippen molar-refractivity contribution in [2.75, 3.05) is 0 Å². The molecule has 0 amide bonds. The molecule has 9 heavy (non-hydrogen) atoms. The Balaban J connectivity index is 2.28. The van der Waals surface area contributed by atoms with Gasteiger partial charge in [0, 0.05) is 11.9 Å². The normalized spacial score (nSPS) is 18.3. The number of nitrogens with one attached hydrogen (secondary N) is 1. The van der Waals surface area contributed by atoms with Crippen molar-refractivity contribution in [3.63, 3.8) is 0 Å². The molecule has 0 bridgehead atoms. The molecule has 0 unspecified atom stereocenters. The first kappa shape index (κ1) is 5.10. The maximum atomic E-state index is 3.19. The van der Waals surface area contributed by atoms with Gasteiger partial charge in [0.25, 0.3) is 0 Å². The van der Waals surface area contributed by atoms with Gasteiger partial charge in [0.2, 0.25) is 0 Å². The minimum Gasteiger partial charge on any atom is -0.365 e. The highest BCUT2D eigenvalue weighted by atomic mass is 14.7. The number of aryl methyl sites for hydroxylation is 1. The van der Waals surface area contributed by atoms with Crippen LogP contribution in [-0.2, 0) is 0 Å². The summed E-state index contributed by atoms with van der Waals surface area (Å²) in [5.41, 5.74) is 2.80. The molecule has 0 saturated heterocycles. The summed E-state index contributed by atoms with van der Waals surface area (Å²) < 4.78 is 0. The number of hydrogen-bond donors (Lipinski definition) is 1. The summed E-state index contributed by atoms with van der Waals surface area (Å²) in [6, 6.07) is 2.25. The molecule has 0 spiro atoms. The van der Waals surface area contributed by atoms with Crippen LogP contribution < -0.4 is 0 Å². The minimum absolute atomic E-state index is 0.898. The molecular weight excluding hydrogens is 110 g/mol. The van der Waals surface area contributed by atoms with Gasteiger partial charge < -0.3 is 4.98 Å². The summed E-state index contributed by atoms with van der Waals surface area (Å²) in [4.78, 5) is 3.19. The molecule has 1 aliphatic rings. The monoisotopic (exact) mass is 121 g/mol. The van der Waals surface area contributed by atoms with Crippen molar-refractivity contribution >= 4 is 0 Å². The molecule has 48 valence electrons. The van der Waals surface area contributed by atoms with Gasteiger partial charge in [0.15, 0.2) is 0 Å². The highest BCUT2D eigenvalue weighted by molar-refractivity contribution is 5.23. The lowest BCUT2D eigenvalue weighted by atomic mass is 10.2. The number of hydrogen-bond acceptors (Lipinski definition) is 0. The fourth-order valence-electron chi connectivity index (χ4n) is 1.18. The molecule has 1 aromatic heterocycles. The van der Waals surface area contributed by atoms with E-state index in [2.05, 4.69) is 24.2 Å². The molecule has 1 fully saturated rings. The molecule has 0 atom stereocenters. The SMILES string of the molecule is Cc1cc(C2CC2)c[nH]1. The highest BCUT2D eigenvalue weighted by Gasteiger charge is 2.23. The lowest BCUT2D eigenvalue weighted by molar-refractivity contribution is 1.13. The lowest BCUT2D eigenvalue weighted by Gasteiger charge is -1.83.